The molecule has 0 amide bonds. The van der Waals surface area contributed by atoms with Crippen LogP contribution in [0.2, 0.25) is 0 Å². The van der Waals surface area contributed by atoms with Crippen LogP contribution in [0.1, 0.15) is 29.3 Å². The largest absolute Gasteiger partial charge is 0.475 e. The van der Waals surface area contributed by atoms with Crippen LogP contribution in [-0.2, 0) is 0 Å². The number of anilines is 1. The van der Waals surface area contributed by atoms with Gasteiger partial charge in [0.05, 0.1) is 6.04 Å². The summed E-state index contributed by atoms with van der Waals surface area (Å²) in [4.78, 5) is 12.8. The van der Waals surface area contributed by atoms with Crippen molar-refractivity contribution in [2.45, 2.75) is 13.0 Å². The minimum Gasteiger partial charge on any atom is -0.475 e. The monoisotopic (exact) mass is 245 g/mol. The van der Waals surface area contributed by atoms with Gasteiger partial charge in [-0.3, -0.25) is 0 Å². The highest BCUT2D eigenvalue weighted by atomic mass is 16.4. The van der Waals surface area contributed by atoms with E-state index in [1.165, 1.54) is 6.07 Å². The number of aromatic carboxylic acids is 1. The topological polar surface area (TPSA) is 53.7 Å². The molecule has 2 aromatic rings. The summed E-state index contributed by atoms with van der Waals surface area (Å²) in [5.41, 5.74) is 1.05. The van der Waals surface area contributed by atoms with E-state index in [1.807, 2.05) is 49.2 Å². The van der Waals surface area contributed by atoms with Crippen molar-refractivity contribution in [3.63, 3.8) is 0 Å². The predicted octanol–water partition coefficient (Wildman–Crippen LogP) is 3.18. The zero-order chi connectivity index (χ0) is 13.1. The number of rotatable bonds is 4. The van der Waals surface area contributed by atoms with Crippen LogP contribution < -0.4 is 4.90 Å². The Morgan fingerprint density at radius 3 is 2.44 bits per heavy atom. The highest BCUT2D eigenvalue weighted by Crippen LogP contribution is 2.26. The molecule has 0 aliphatic rings. The van der Waals surface area contributed by atoms with Crippen molar-refractivity contribution in [3.05, 3.63) is 54.0 Å². The minimum absolute atomic E-state index is 0.0273. The third-order valence-electron chi connectivity index (χ3n) is 2.99. The Balaban J connectivity index is 2.20. The number of nitrogens with zero attached hydrogens (tertiary/aromatic N) is 1. The van der Waals surface area contributed by atoms with Gasteiger partial charge in [-0.2, -0.15) is 0 Å². The van der Waals surface area contributed by atoms with Crippen LogP contribution in [0.15, 0.2) is 46.9 Å². The van der Waals surface area contributed by atoms with Crippen molar-refractivity contribution in [2.75, 3.05) is 11.9 Å². The minimum atomic E-state index is -1.05. The first-order valence-corrected chi connectivity index (χ1v) is 5.70. The van der Waals surface area contributed by atoms with Gasteiger partial charge in [0.1, 0.15) is 5.76 Å². The summed E-state index contributed by atoms with van der Waals surface area (Å²) in [6.45, 7) is 1.97. The van der Waals surface area contributed by atoms with Gasteiger partial charge < -0.3 is 14.4 Å². The third kappa shape index (κ3) is 2.37. The SMILES string of the molecule is CC(c1ccc(C(=O)O)o1)N(C)c1ccccc1. The van der Waals surface area contributed by atoms with E-state index < -0.39 is 5.97 Å². The van der Waals surface area contributed by atoms with Crippen LogP contribution in [-0.4, -0.2) is 18.1 Å². The number of para-hydroxylation sites is 1. The lowest BCUT2D eigenvalue weighted by Crippen LogP contribution is -2.21. The Morgan fingerprint density at radius 1 is 1.22 bits per heavy atom. The number of carboxylic acid groups (broad SMARTS) is 1. The van der Waals surface area contributed by atoms with Gasteiger partial charge >= 0.3 is 5.97 Å². The summed E-state index contributed by atoms with van der Waals surface area (Å²) in [5.74, 6) is -0.437. The maximum Gasteiger partial charge on any atom is 0.371 e. The molecule has 18 heavy (non-hydrogen) atoms. The first-order valence-electron chi connectivity index (χ1n) is 5.70. The van der Waals surface area contributed by atoms with Gasteiger partial charge in [-0.25, -0.2) is 4.79 Å². The molecule has 1 unspecified atom stereocenters. The van der Waals surface area contributed by atoms with Gasteiger partial charge in [-0.05, 0) is 31.2 Å². The lowest BCUT2D eigenvalue weighted by atomic mass is 10.2. The molecular formula is C14H15NO3. The van der Waals surface area contributed by atoms with Crippen molar-refractivity contribution >= 4 is 11.7 Å². The number of furan rings is 1. The van der Waals surface area contributed by atoms with Gasteiger partial charge in [0, 0.05) is 12.7 Å². The molecule has 1 atom stereocenters. The number of hydrogen-bond donors (Lipinski definition) is 1. The molecule has 0 saturated heterocycles. The zero-order valence-electron chi connectivity index (χ0n) is 10.3. The average Bonchev–Trinajstić information content (AvgIpc) is 2.88. The van der Waals surface area contributed by atoms with E-state index in [9.17, 15) is 4.79 Å². The van der Waals surface area contributed by atoms with E-state index in [4.69, 9.17) is 9.52 Å². The molecule has 0 fully saturated rings. The third-order valence-corrected chi connectivity index (χ3v) is 2.99. The molecule has 0 spiro atoms. The number of carboxylic acids is 1. The molecule has 94 valence electrons. The van der Waals surface area contributed by atoms with E-state index in [0.717, 1.165) is 5.69 Å². The fourth-order valence-electron chi connectivity index (χ4n) is 1.77. The van der Waals surface area contributed by atoms with Gasteiger partial charge in [0.15, 0.2) is 0 Å². The fourth-order valence-corrected chi connectivity index (χ4v) is 1.77. The van der Waals surface area contributed by atoms with Crippen LogP contribution in [0.5, 0.6) is 0 Å². The van der Waals surface area contributed by atoms with Crippen molar-refractivity contribution in [3.8, 4) is 0 Å². The van der Waals surface area contributed by atoms with Gasteiger partial charge in [-0.1, -0.05) is 18.2 Å². The summed E-state index contributed by atoms with van der Waals surface area (Å²) in [6, 6.07) is 13.0. The summed E-state index contributed by atoms with van der Waals surface area (Å²) in [7, 11) is 1.95. The molecule has 0 radical (unpaired) electrons. The molecule has 1 aromatic carbocycles. The molecule has 0 saturated carbocycles. The first kappa shape index (κ1) is 12.2. The van der Waals surface area contributed by atoms with Gasteiger partial charge in [0.2, 0.25) is 5.76 Å². The summed E-state index contributed by atoms with van der Waals surface area (Å²) in [6.07, 6.45) is 0. The maximum atomic E-state index is 10.8. The lowest BCUT2D eigenvalue weighted by Gasteiger charge is -2.25. The quantitative estimate of drug-likeness (QED) is 0.898. The molecule has 1 heterocycles. The molecule has 1 aromatic heterocycles. The molecule has 2 rings (SSSR count). The number of benzene rings is 1. The molecule has 0 aliphatic carbocycles. The van der Waals surface area contributed by atoms with Gasteiger partial charge in [-0.15, -0.1) is 0 Å². The average molecular weight is 245 g/mol. The molecule has 0 aliphatic heterocycles. The highest BCUT2D eigenvalue weighted by molar-refractivity contribution is 5.84. The van der Waals surface area contributed by atoms with E-state index in [2.05, 4.69) is 0 Å². The van der Waals surface area contributed by atoms with Crippen molar-refractivity contribution < 1.29 is 14.3 Å². The molecule has 4 nitrogen and oxygen atoms in total. The predicted molar refractivity (Wildman–Crippen MR) is 68.9 cm³/mol. The number of carbonyl (C=O) groups is 1. The lowest BCUT2D eigenvalue weighted by molar-refractivity contribution is 0.0660. The summed E-state index contributed by atoms with van der Waals surface area (Å²) in [5, 5.41) is 8.83. The van der Waals surface area contributed by atoms with Crippen molar-refractivity contribution in [1.29, 1.82) is 0 Å². The Hall–Kier alpha value is -2.23. The fraction of sp³-hybridized carbons (Fsp3) is 0.214. The second kappa shape index (κ2) is 4.96. The van der Waals surface area contributed by atoms with E-state index in [0.29, 0.717) is 5.76 Å². The Bertz CT molecular complexity index is 533. The molecule has 4 heteroatoms. The van der Waals surface area contributed by atoms with E-state index in [1.54, 1.807) is 6.07 Å². The van der Waals surface area contributed by atoms with Gasteiger partial charge in [0.25, 0.3) is 0 Å². The van der Waals surface area contributed by atoms with Crippen molar-refractivity contribution in [2.24, 2.45) is 0 Å². The summed E-state index contributed by atoms with van der Waals surface area (Å²) < 4.78 is 5.31. The first-order chi connectivity index (χ1) is 8.59. The summed E-state index contributed by atoms with van der Waals surface area (Å²) >= 11 is 0. The second-order valence-electron chi connectivity index (χ2n) is 4.13. The van der Waals surface area contributed by atoms with Crippen LogP contribution in [0, 0.1) is 0 Å². The van der Waals surface area contributed by atoms with Crippen LogP contribution >= 0.6 is 0 Å². The standard InChI is InChI=1S/C14H15NO3/c1-10(12-8-9-13(18-12)14(16)17)15(2)11-6-4-3-5-7-11/h3-10H,1-2H3,(H,16,17). The molecule has 0 bridgehead atoms. The maximum absolute atomic E-state index is 10.8. The Kier molecular flexibility index (Phi) is 3.37. The van der Waals surface area contributed by atoms with Crippen molar-refractivity contribution in [1.82, 2.24) is 0 Å². The number of hydrogen-bond acceptors (Lipinski definition) is 3. The second-order valence-corrected chi connectivity index (χ2v) is 4.13. The Labute approximate surface area is 105 Å². The molecular weight excluding hydrogens is 230 g/mol. The smallest absolute Gasteiger partial charge is 0.371 e. The zero-order valence-corrected chi connectivity index (χ0v) is 10.3. The van der Waals surface area contributed by atoms with Crippen LogP contribution in [0.4, 0.5) is 5.69 Å². The van der Waals surface area contributed by atoms with E-state index >= 15 is 0 Å². The van der Waals surface area contributed by atoms with E-state index in [-0.39, 0.29) is 11.8 Å². The molecule has 1 N–H and O–H groups in total. The normalized spacial score (nSPS) is 12.1. The van der Waals surface area contributed by atoms with Crippen LogP contribution in [0.3, 0.4) is 0 Å². The Morgan fingerprint density at radius 2 is 1.89 bits per heavy atom. The van der Waals surface area contributed by atoms with Crippen LogP contribution in [0.25, 0.3) is 0 Å². The highest BCUT2D eigenvalue weighted by Gasteiger charge is 2.17.